The van der Waals surface area contributed by atoms with Gasteiger partial charge in [-0.05, 0) is 43.3 Å². The third kappa shape index (κ3) is 6.31. The van der Waals surface area contributed by atoms with E-state index in [1.807, 2.05) is 22.8 Å². The second-order valence-electron chi connectivity index (χ2n) is 8.82. The van der Waals surface area contributed by atoms with Crippen molar-refractivity contribution in [3.05, 3.63) is 54.3 Å². The molecule has 0 aliphatic carbocycles. The van der Waals surface area contributed by atoms with Crippen LogP contribution < -0.4 is 20.3 Å². The molecule has 4 rings (SSSR count). The lowest BCUT2D eigenvalue weighted by molar-refractivity contribution is -0.145. The van der Waals surface area contributed by atoms with E-state index in [-0.39, 0.29) is 36.5 Å². The highest BCUT2D eigenvalue weighted by Gasteiger charge is 2.35. The summed E-state index contributed by atoms with van der Waals surface area (Å²) in [7, 11) is 0. The average molecular weight is 498 g/mol. The van der Waals surface area contributed by atoms with E-state index in [1.165, 1.54) is 11.0 Å². The summed E-state index contributed by atoms with van der Waals surface area (Å²) in [6, 6.07) is 12.8. The molecule has 10 heteroatoms. The van der Waals surface area contributed by atoms with E-state index in [0.29, 0.717) is 63.0 Å². The van der Waals surface area contributed by atoms with Crippen LogP contribution in [0.1, 0.15) is 13.3 Å². The molecule has 1 atom stereocenters. The Morgan fingerprint density at radius 3 is 2.47 bits per heavy atom. The molecule has 2 aliphatic rings. The minimum absolute atomic E-state index is 0.133. The molecule has 0 unspecified atom stereocenters. The van der Waals surface area contributed by atoms with Crippen LogP contribution in [0.25, 0.3) is 0 Å². The molecule has 9 nitrogen and oxygen atoms in total. The van der Waals surface area contributed by atoms with Crippen molar-refractivity contribution in [3.8, 4) is 5.75 Å². The molecule has 36 heavy (non-hydrogen) atoms. The number of ether oxygens (including phenoxy) is 1. The van der Waals surface area contributed by atoms with E-state index in [9.17, 15) is 18.8 Å². The number of para-hydroxylation sites is 1. The second-order valence-corrected chi connectivity index (χ2v) is 8.82. The zero-order chi connectivity index (χ0) is 25.5. The Balaban J connectivity index is 1.31. The maximum Gasteiger partial charge on any atom is 0.243 e. The summed E-state index contributed by atoms with van der Waals surface area (Å²) in [4.78, 5) is 43.9. The molecule has 2 aliphatic heterocycles. The fourth-order valence-corrected chi connectivity index (χ4v) is 4.54. The Labute approximate surface area is 210 Å². The minimum atomic E-state index is -0.867. The smallest absolute Gasteiger partial charge is 0.243 e. The molecule has 0 aromatic heterocycles. The Morgan fingerprint density at radius 2 is 1.78 bits per heavy atom. The fourth-order valence-electron chi connectivity index (χ4n) is 4.54. The molecular formula is C26H32FN5O4. The van der Waals surface area contributed by atoms with Gasteiger partial charge in [0.25, 0.3) is 0 Å². The van der Waals surface area contributed by atoms with Gasteiger partial charge in [0.2, 0.25) is 17.7 Å². The summed E-state index contributed by atoms with van der Waals surface area (Å²) < 4.78 is 19.5. The van der Waals surface area contributed by atoms with Crippen LogP contribution in [0.2, 0.25) is 0 Å². The van der Waals surface area contributed by atoms with E-state index in [0.717, 1.165) is 0 Å². The molecule has 0 saturated carbocycles. The monoisotopic (exact) mass is 497 g/mol. The molecule has 0 spiro atoms. The molecule has 2 saturated heterocycles. The Hall–Kier alpha value is -3.66. The van der Waals surface area contributed by atoms with Crippen LogP contribution in [0, 0.1) is 5.82 Å². The normalized spacial score (nSPS) is 18.5. The zero-order valence-electron chi connectivity index (χ0n) is 20.4. The SMILES string of the molecule is CCOc1ccc(NC(=O)C[C@H]2C(=O)NCCN2C(=O)CN2CCN(c3ccccc3F)CC2)cc1. The summed E-state index contributed by atoms with van der Waals surface area (Å²) in [6.07, 6.45) is -0.133. The summed E-state index contributed by atoms with van der Waals surface area (Å²) >= 11 is 0. The number of rotatable bonds is 8. The first-order valence-electron chi connectivity index (χ1n) is 12.3. The van der Waals surface area contributed by atoms with Crippen LogP contribution in [0.15, 0.2) is 48.5 Å². The van der Waals surface area contributed by atoms with Gasteiger partial charge in [-0.2, -0.15) is 0 Å². The Morgan fingerprint density at radius 1 is 1.06 bits per heavy atom. The molecular weight excluding hydrogens is 465 g/mol. The molecule has 2 fully saturated rings. The number of carbonyl (C=O) groups is 3. The lowest BCUT2D eigenvalue weighted by Crippen LogP contribution is -2.60. The highest BCUT2D eigenvalue weighted by atomic mass is 19.1. The van der Waals surface area contributed by atoms with Gasteiger partial charge in [-0.3, -0.25) is 19.3 Å². The van der Waals surface area contributed by atoms with Gasteiger partial charge in [0, 0.05) is 45.0 Å². The first-order valence-corrected chi connectivity index (χ1v) is 12.3. The maximum absolute atomic E-state index is 14.1. The number of nitrogens with zero attached hydrogens (tertiary/aromatic N) is 3. The standard InChI is InChI=1S/C26H32FN5O4/c1-2-36-20-9-7-19(8-10-20)29-24(33)17-23-26(35)28-11-12-32(23)25(34)18-30-13-15-31(16-14-30)22-6-4-3-5-21(22)27/h3-10,23H,2,11-18H2,1H3,(H,28,35)(H,29,33)/t23-/m0/s1. The van der Waals surface area contributed by atoms with E-state index < -0.39 is 6.04 Å². The van der Waals surface area contributed by atoms with Crippen LogP contribution in [-0.4, -0.2) is 86.0 Å². The molecule has 3 amide bonds. The lowest BCUT2D eigenvalue weighted by atomic mass is 10.1. The molecule has 2 N–H and O–H groups in total. The van der Waals surface area contributed by atoms with Crippen LogP contribution in [0.3, 0.4) is 0 Å². The Bertz CT molecular complexity index is 1070. The van der Waals surface area contributed by atoms with Crippen LogP contribution >= 0.6 is 0 Å². The predicted octanol–water partition coefficient (Wildman–Crippen LogP) is 1.70. The minimum Gasteiger partial charge on any atom is -0.494 e. The number of piperazine rings is 2. The average Bonchev–Trinajstić information content (AvgIpc) is 2.87. The van der Waals surface area contributed by atoms with Crippen LogP contribution in [0.5, 0.6) is 5.75 Å². The largest absolute Gasteiger partial charge is 0.494 e. The van der Waals surface area contributed by atoms with Crippen molar-refractivity contribution < 1.29 is 23.5 Å². The van der Waals surface area contributed by atoms with Crippen molar-refractivity contribution in [1.82, 2.24) is 15.1 Å². The quantitative estimate of drug-likeness (QED) is 0.577. The summed E-state index contributed by atoms with van der Waals surface area (Å²) in [5.74, 6) is -0.428. The van der Waals surface area contributed by atoms with E-state index in [1.54, 1.807) is 36.4 Å². The van der Waals surface area contributed by atoms with E-state index >= 15 is 0 Å². The van der Waals surface area contributed by atoms with Gasteiger partial charge < -0.3 is 25.2 Å². The second kappa shape index (κ2) is 11.9. The molecule has 2 heterocycles. The van der Waals surface area contributed by atoms with Gasteiger partial charge in [-0.1, -0.05) is 12.1 Å². The highest BCUT2D eigenvalue weighted by Crippen LogP contribution is 2.21. The van der Waals surface area contributed by atoms with Gasteiger partial charge >= 0.3 is 0 Å². The number of benzene rings is 2. The first-order chi connectivity index (χ1) is 17.4. The molecule has 0 bridgehead atoms. The molecule has 192 valence electrons. The van der Waals surface area contributed by atoms with Crippen molar-refractivity contribution in [3.63, 3.8) is 0 Å². The highest BCUT2D eigenvalue weighted by molar-refractivity contribution is 5.97. The zero-order valence-corrected chi connectivity index (χ0v) is 20.4. The number of nitrogens with one attached hydrogen (secondary N) is 2. The number of hydrogen-bond donors (Lipinski definition) is 2. The van der Waals surface area contributed by atoms with Crippen LogP contribution in [-0.2, 0) is 14.4 Å². The Kier molecular flexibility index (Phi) is 8.37. The summed E-state index contributed by atoms with van der Waals surface area (Å²) in [5, 5.41) is 5.54. The lowest BCUT2D eigenvalue weighted by Gasteiger charge is -2.39. The van der Waals surface area contributed by atoms with Gasteiger partial charge in [0.05, 0.1) is 25.3 Å². The topological polar surface area (TPSA) is 94.2 Å². The number of carbonyl (C=O) groups excluding carboxylic acids is 3. The molecule has 2 aromatic rings. The maximum atomic E-state index is 14.1. The third-order valence-electron chi connectivity index (χ3n) is 6.40. The van der Waals surface area contributed by atoms with Crippen LogP contribution in [0.4, 0.5) is 15.8 Å². The summed E-state index contributed by atoms with van der Waals surface area (Å²) in [5.41, 5.74) is 1.15. The van der Waals surface area contributed by atoms with Crippen molar-refractivity contribution in [2.45, 2.75) is 19.4 Å². The fraction of sp³-hybridized carbons (Fsp3) is 0.423. The molecule has 2 aromatic carbocycles. The van der Waals surface area contributed by atoms with E-state index in [4.69, 9.17) is 4.74 Å². The van der Waals surface area contributed by atoms with E-state index in [2.05, 4.69) is 10.6 Å². The van der Waals surface area contributed by atoms with Gasteiger partial charge in [-0.15, -0.1) is 0 Å². The van der Waals surface area contributed by atoms with Crippen molar-refractivity contribution >= 4 is 29.1 Å². The number of anilines is 2. The van der Waals surface area contributed by atoms with Crippen molar-refractivity contribution in [2.75, 3.05) is 62.6 Å². The van der Waals surface area contributed by atoms with Crippen molar-refractivity contribution in [2.24, 2.45) is 0 Å². The molecule has 0 radical (unpaired) electrons. The first kappa shape index (κ1) is 25.4. The third-order valence-corrected chi connectivity index (χ3v) is 6.40. The number of amides is 3. The van der Waals surface area contributed by atoms with Crippen molar-refractivity contribution in [1.29, 1.82) is 0 Å². The predicted molar refractivity (Wildman–Crippen MR) is 134 cm³/mol. The number of hydrogen-bond acceptors (Lipinski definition) is 6. The summed E-state index contributed by atoms with van der Waals surface area (Å²) in [6.45, 7) is 5.69. The number of halogens is 1. The van der Waals surface area contributed by atoms with Gasteiger partial charge in [0.1, 0.15) is 17.6 Å². The van der Waals surface area contributed by atoms with Gasteiger partial charge in [-0.25, -0.2) is 4.39 Å². The van der Waals surface area contributed by atoms with Gasteiger partial charge in [0.15, 0.2) is 0 Å².